The van der Waals surface area contributed by atoms with Gasteiger partial charge in [-0.2, -0.15) is 0 Å². The van der Waals surface area contributed by atoms with Crippen LogP contribution in [-0.2, 0) is 21.5 Å². The fourth-order valence-electron chi connectivity index (χ4n) is 4.36. The number of hydrogen-bond acceptors (Lipinski definition) is 7. The Bertz CT molecular complexity index is 1200. The second-order valence-corrected chi connectivity index (χ2v) is 8.24. The SMILES string of the molecule is COc1ccc([C@@]2(C)NC(=O)N(CC(=O)N3CCCc4cc([N+](=O)[O-])ccc43)C2=O)cc1OC. The molecular weight excluding hydrogens is 444 g/mol. The molecule has 1 saturated heterocycles. The first-order valence-electron chi connectivity index (χ1n) is 10.6. The summed E-state index contributed by atoms with van der Waals surface area (Å²) in [5.74, 6) is -0.145. The number of imide groups is 1. The lowest BCUT2D eigenvalue weighted by Crippen LogP contribution is -2.46. The third kappa shape index (κ3) is 3.78. The molecule has 34 heavy (non-hydrogen) atoms. The van der Waals surface area contributed by atoms with Crippen molar-refractivity contribution >= 4 is 29.2 Å². The zero-order valence-electron chi connectivity index (χ0n) is 19.0. The molecule has 2 heterocycles. The van der Waals surface area contributed by atoms with Crippen LogP contribution in [0.4, 0.5) is 16.2 Å². The average molecular weight is 468 g/mol. The molecule has 0 aromatic heterocycles. The summed E-state index contributed by atoms with van der Waals surface area (Å²) in [6.45, 7) is 1.50. The van der Waals surface area contributed by atoms with Crippen molar-refractivity contribution in [3.05, 3.63) is 57.6 Å². The zero-order valence-corrected chi connectivity index (χ0v) is 19.0. The molecule has 0 saturated carbocycles. The number of amides is 4. The van der Waals surface area contributed by atoms with E-state index in [0.717, 1.165) is 4.90 Å². The van der Waals surface area contributed by atoms with E-state index in [0.29, 0.717) is 47.7 Å². The largest absolute Gasteiger partial charge is 0.493 e. The number of carbonyl (C=O) groups excluding carboxylic acids is 3. The number of nitrogens with one attached hydrogen (secondary N) is 1. The second kappa shape index (κ2) is 8.65. The molecule has 178 valence electrons. The Morgan fingerprint density at radius 2 is 1.88 bits per heavy atom. The van der Waals surface area contributed by atoms with Crippen LogP contribution in [0.15, 0.2) is 36.4 Å². The van der Waals surface area contributed by atoms with E-state index in [9.17, 15) is 24.5 Å². The monoisotopic (exact) mass is 468 g/mol. The van der Waals surface area contributed by atoms with Gasteiger partial charge in [0.15, 0.2) is 11.5 Å². The maximum absolute atomic E-state index is 13.3. The maximum atomic E-state index is 13.3. The standard InChI is InChI=1S/C23H24N4O7/c1-23(15-6-9-18(33-2)19(12-15)34-3)21(29)26(22(30)24-23)13-20(28)25-10-4-5-14-11-16(27(31)32)7-8-17(14)25/h6-9,11-12H,4-5,10,13H2,1-3H3,(H,24,30)/t23-/m1/s1. The maximum Gasteiger partial charge on any atom is 0.325 e. The van der Waals surface area contributed by atoms with Crippen molar-refractivity contribution < 1.29 is 28.8 Å². The van der Waals surface area contributed by atoms with Crippen molar-refractivity contribution in [2.75, 3.05) is 32.2 Å². The van der Waals surface area contributed by atoms with Crippen LogP contribution in [0.5, 0.6) is 11.5 Å². The van der Waals surface area contributed by atoms with E-state index in [2.05, 4.69) is 5.32 Å². The molecule has 0 aliphatic carbocycles. The molecule has 11 heteroatoms. The number of fused-ring (bicyclic) bond motifs is 1. The number of urea groups is 1. The van der Waals surface area contributed by atoms with Gasteiger partial charge in [-0.15, -0.1) is 0 Å². The van der Waals surface area contributed by atoms with Crippen LogP contribution in [0.2, 0.25) is 0 Å². The highest BCUT2D eigenvalue weighted by Gasteiger charge is 2.50. The molecule has 2 aromatic rings. The van der Waals surface area contributed by atoms with Crippen molar-refractivity contribution in [2.45, 2.75) is 25.3 Å². The topological polar surface area (TPSA) is 131 Å². The van der Waals surface area contributed by atoms with Crippen LogP contribution in [0, 0.1) is 10.1 Å². The van der Waals surface area contributed by atoms with E-state index in [4.69, 9.17) is 9.47 Å². The van der Waals surface area contributed by atoms with Gasteiger partial charge < -0.3 is 19.7 Å². The normalized spacial score (nSPS) is 19.5. The summed E-state index contributed by atoms with van der Waals surface area (Å²) in [6, 6.07) is 8.54. The number of carbonyl (C=O) groups is 3. The number of methoxy groups -OCH3 is 2. The molecule has 1 fully saturated rings. The van der Waals surface area contributed by atoms with Gasteiger partial charge in [0.1, 0.15) is 12.1 Å². The van der Waals surface area contributed by atoms with Gasteiger partial charge in [-0.25, -0.2) is 4.79 Å². The van der Waals surface area contributed by atoms with E-state index in [1.165, 1.54) is 37.3 Å². The van der Waals surface area contributed by atoms with Crippen molar-refractivity contribution in [1.82, 2.24) is 10.2 Å². The van der Waals surface area contributed by atoms with Crippen molar-refractivity contribution in [3.8, 4) is 11.5 Å². The minimum absolute atomic E-state index is 0.0483. The number of aryl methyl sites for hydroxylation is 1. The highest BCUT2D eigenvalue weighted by atomic mass is 16.6. The molecule has 2 aromatic carbocycles. The van der Waals surface area contributed by atoms with Crippen LogP contribution in [-0.4, -0.2) is 55.0 Å². The summed E-state index contributed by atoms with van der Waals surface area (Å²) in [7, 11) is 2.96. The Labute approximate surface area is 195 Å². The van der Waals surface area contributed by atoms with Gasteiger partial charge in [-0.05, 0) is 49.1 Å². The summed E-state index contributed by atoms with van der Waals surface area (Å²) in [4.78, 5) is 52.1. The predicted octanol–water partition coefficient (Wildman–Crippen LogP) is 2.36. The minimum Gasteiger partial charge on any atom is -0.493 e. The van der Waals surface area contributed by atoms with Crippen LogP contribution >= 0.6 is 0 Å². The van der Waals surface area contributed by atoms with Crippen LogP contribution in [0.1, 0.15) is 24.5 Å². The highest BCUT2D eigenvalue weighted by Crippen LogP contribution is 2.36. The fraction of sp³-hybridized carbons (Fsp3) is 0.348. The van der Waals surface area contributed by atoms with E-state index in [1.807, 2.05) is 0 Å². The van der Waals surface area contributed by atoms with Gasteiger partial charge in [0.05, 0.1) is 19.1 Å². The number of rotatable bonds is 6. The third-order valence-electron chi connectivity index (χ3n) is 6.22. The first-order valence-corrected chi connectivity index (χ1v) is 10.6. The van der Waals surface area contributed by atoms with Crippen molar-refractivity contribution in [3.63, 3.8) is 0 Å². The Kier molecular flexibility index (Phi) is 5.86. The Morgan fingerprint density at radius 3 is 2.56 bits per heavy atom. The zero-order chi connectivity index (χ0) is 24.6. The van der Waals surface area contributed by atoms with E-state index in [-0.39, 0.29) is 5.69 Å². The smallest absolute Gasteiger partial charge is 0.325 e. The summed E-state index contributed by atoms with van der Waals surface area (Å²) in [5, 5.41) is 13.8. The lowest BCUT2D eigenvalue weighted by molar-refractivity contribution is -0.384. The van der Waals surface area contributed by atoms with Crippen LogP contribution in [0.3, 0.4) is 0 Å². The van der Waals surface area contributed by atoms with Crippen LogP contribution in [0.25, 0.3) is 0 Å². The number of anilines is 1. The van der Waals surface area contributed by atoms with Gasteiger partial charge in [0.2, 0.25) is 5.91 Å². The number of hydrogen-bond donors (Lipinski definition) is 1. The molecule has 4 rings (SSSR count). The molecule has 0 radical (unpaired) electrons. The number of non-ortho nitro benzene ring substituents is 1. The molecule has 0 bridgehead atoms. The number of nitrogens with zero attached hydrogens (tertiary/aromatic N) is 3. The van der Waals surface area contributed by atoms with E-state index >= 15 is 0 Å². The number of ether oxygens (including phenoxy) is 2. The van der Waals surface area contributed by atoms with Gasteiger partial charge in [0.25, 0.3) is 11.6 Å². The predicted molar refractivity (Wildman–Crippen MR) is 121 cm³/mol. The summed E-state index contributed by atoms with van der Waals surface area (Å²) in [6.07, 6.45) is 1.21. The Balaban J connectivity index is 1.57. The molecule has 0 spiro atoms. The second-order valence-electron chi connectivity index (χ2n) is 8.24. The molecule has 1 N–H and O–H groups in total. The van der Waals surface area contributed by atoms with Gasteiger partial charge in [-0.3, -0.25) is 24.6 Å². The molecule has 4 amide bonds. The third-order valence-corrected chi connectivity index (χ3v) is 6.22. The quantitative estimate of drug-likeness (QED) is 0.391. The van der Waals surface area contributed by atoms with Crippen molar-refractivity contribution in [1.29, 1.82) is 0 Å². The van der Waals surface area contributed by atoms with Crippen molar-refractivity contribution in [2.24, 2.45) is 0 Å². The summed E-state index contributed by atoms with van der Waals surface area (Å²) in [5.41, 5.74) is 0.275. The molecular formula is C23H24N4O7. The molecule has 2 aliphatic rings. The number of nitro benzene ring substituents is 1. The molecule has 1 atom stereocenters. The Hall–Kier alpha value is -4.15. The van der Waals surface area contributed by atoms with Gasteiger partial charge >= 0.3 is 6.03 Å². The summed E-state index contributed by atoms with van der Waals surface area (Å²) >= 11 is 0. The molecule has 11 nitrogen and oxygen atoms in total. The minimum atomic E-state index is -1.39. The first kappa shape index (κ1) is 23.0. The van der Waals surface area contributed by atoms with Gasteiger partial charge in [-0.1, -0.05) is 6.07 Å². The summed E-state index contributed by atoms with van der Waals surface area (Å²) < 4.78 is 10.5. The lowest BCUT2D eigenvalue weighted by atomic mass is 9.91. The molecule has 2 aliphatic heterocycles. The number of benzene rings is 2. The highest BCUT2D eigenvalue weighted by molar-refractivity contribution is 6.10. The average Bonchev–Trinajstić information content (AvgIpc) is 3.06. The first-order chi connectivity index (χ1) is 16.2. The van der Waals surface area contributed by atoms with Crippen LogP contribution < -0.4 is 19.7 Å². The van der Waals surface area contributed by atoms with Gasteiger partial charge in [0, 0.05) is 24.4 Å². The number of nitro groups is 1. The Morgan fingerprint density at radius 1 is 1.15 bits per heavy atom. The molecule has 0 unspecified atom stereocenters. The fourth-order valence-corrected chi connectivity index (χ4v) is 4.36. The van der Waals surface area contributed by atoms with E-state index < -0.39 is 34.9 Å². The lowest BCUT2D eigenvalue weighted by Gasteiger charge is -2.30. The van der Waals surface area contributed by atoms with E-state index in [1.54, 1.807) is 25.1 Å².